The van der Waals surface area contributed by atoms with Crippen molar-refractivity contribution in [2.24, 2.45) is 5.73 Å². The molecule has 0 radical (unpaired) electrons. The van der Waals surface area contributed by atoms with Gasteiger partial charge in [-0.2, -0.15) is 28.5 Å². The van der Waals surface area contributed by atoms with Crippen LogP contribution in [0.25, 0.3) is 0 Å². The van der Waals surface area contributed by atoms with E-state index in [4.69, 9.17) is 10.3 Å². The Bertz CT molecular complexity index is 414. The summed E-state index contributed by atoms with van der Waals surface area (Å²) in [5.74, 6) is 6.00. The van der Waals surface area contributed by atoms with Crippen molar-refractivity contribution in [1.82, 2.24) is 15.0 Å². The number of nitrogens with two attached hydrogens (primary N) is 1. The Hall–Kier alpha value is -0.240. The summed E-state index contributed by atoms with van der Waals surface area (Å²) in [7, 11) is 2.12. The zero-order valence-electron chi connectivity index (χ0n) is 10.4. The number of thioether (sulfide) groups is 2. The Balaban J connectivity index is 1.76. The Morgan fingerprint density at radius 2 is 2.22 bits per heavy atom. The maximum absolute atomic E-state index is 6.06. The molecule has 2 aliphatic heterocycles. The van der Waals surface area contributed by atoms with Crippen LogP contribution in [0.4, 0.5) is 0 Å². The molecule has 2 saturated heterocycles. The fraction of sp³-hybridized carbons (Fsp3) is 0.818. The number of hydrogen-bond acceptors (Lipinski definition) is 7. The van der Waals surface area contributed by atoms with Crippen molar-refractivity contribution < 1.29 is 4.52 Å². The van der Waals surface area contributed by atoms with E-state index in [9.17, 15) is 0 Å². The first-order valence-corrected chi connectivity index (χ1v) is 8.51. The lowest BCUT2D eigenvalue weighted by molar-refractivity contribution is 0.256. The van der Waals surface area contributed by atoms with Gasteiger partial charge >= 0.3 is 0 Å². The van der Waals surface area contributed by atoms with E-state index in [0.717, 1.165) is 35.5 Å². The van der Waals surface area contributed by atoms with Crippen LogP contribution >= 0.6 is 23.5 Å². The minimum atomic E-state index is 0.154. The number of hydrogen-bond donors (Lipinski definition) is 1. The molecule has 2 N–H and O–H groups in total. The molecular formula is C11H18N4OS2. The van der Waals surface area contributed by atoms with Gasteiger partial charge in [0.2, 0.25) is 5.89 Å². The van der Waals surface area contributed by atoms with Gasteiger partial charge in [-0.3, -0.25) is 4.90 Å². The summed E-state index contributed by atoms with van der Waals surface area (Å²) in [5.41, 5.74) is 6.06. The van der Waals surface area contributed by atoms with Crippen molar-refractivity contribution >= 4 is 23.5 Å². The molecule has 0 amide bonds. The van der Waals surface area contributed by atoms with Crippen LogP contribution in [0.2, 0.25) is 0 Å². The van der Waals surface area contributed by atoms with Crippen molar-refractivity contribution in [3.8, 4) is 0 Å². The van der Waals surface area contributed by atoms with Crippen molar-refractivity contribution in [1.29, 1.82) is 0 Å². The average molecular weight is 286 g/mol. The molecule has 7 heteroatoms. The summed E-state index contributed by atoms with van der Waals surface area (Å²) in [6.45, 7) is 1.08. The molecule has 0 spiro atoms. The highest BCUT2D eigenvalue weighted by atomic mass is 32.2. The van der Waals surface area contributed by atoms with Gasteiger partial charge in [0.15, 0.2) is 5.82 Å². The molecule has 2 aliphatic rings. The molecule has 18 heavy (non-hydrogen) atoms. The number of aromatic nitrogens is 2. The predicted octanol–water partition coefficient (Wildman–Crippen LogP) is 0.947. The van der Waals surface area contributed by atoms with E-state index in [2.05, 4.69) is 22.1 Å². The van der Waals surface area contributed by atoms with Gasteiger partial charge in [0, 0.05) is 35.6 Å². The van der Waals surface area contributed by atoms with Crippen LogP contribution in [-0.2, 0) is 0 Å². The molecule has 1 aromatic rings. The van der Waals surface area contributed by atoms with Crippen LogP contribution in [0.5, 0.6) is 0 Å². The fourth-order valence-electron chi connectivity index (χ4n) is 2.32. The second-order valence-electron chi connectivity index (χ2n) is 4.87. The summed E-state index contributed by atoms with van der Waals surface area (Å²) >= 11 is 3.81. The summed E-state index contributed by atoms with van der Waals surface area (Å²) in [4.78, 5) is 6.89. The second-order valence-corrected chi connectivity index (χ2v) is 7.09. The van der Waals surface area contributed by atoms with E-state index in [0.29, 0.717) is 0 Å². The Morgan fingerprint density at radius 1 is 1.33 bits per heavy atom. The molecule has 3 rings (SSSR count). The van der Waals surface area contributed by atoms with Crippen LogP contribution in [0.15, 0.2) is 4.52 Å². The van der Waals surface area contributed by atoms with E-state index in [1.54, 1.807) is 0 Å². The van der Waals surface area contributed by atoms with Crippen molar-refractivity contribution in [3.63, 3.8) is 0 Å². The highest BCUT2D eigenvalue weighted by Crippen LogP contribution is 2.32. The second kappa shape index (κ2) is 5.40. The van der Waals surface area contributed by atoms with Gasteiger partial charge < -0.3 is 10.3 Å². The quantitative estimate of drug-likeness (QED) is 0.868. The van der Waals surface area contributed by atoms with Crippen molar-refractivity contribution in [2.45, 2.75) is 18.0 Å². The van der Waals surface area contributed by atoms with Crippen molar-refractivity contribution in [3.05, 3.63) is 11.7 Å². The Labute approximate surface area is 115 Å². The number of rotatable bonds is 2. The molecule has 100 valence electrons. The van der Waals surface area contributed by atoms with Crippen molar-refractivity contribution in [2.75, 3.05) is 36.6 Å². The monoisotopic (exact) mass is 286 g/mol. The lowest BCUT2D eigenvalue weighted by Gasteiger charge is -2.29. The summed E-state index contributed by atoms with van der Waals surface area (Å²) in [6.07, 6.45) is 0. The summed E-state index contributed by atoms with van der Waals surface area (Å²) in [5, 5.41) is 4.16. The maximum atomic E-state index is 6.06. The first kappa shape index (κ1) is 12.8. The van der Waals surface area contributed by atoms with E-state index < -0.39 is 0 Å². The van der Waals surface area contributed by atoms with Crippen LogP contribution < -0.4 is 5.73 Å². The summed E-state index contributed by atoms with van der Waals surface area (Å²) in [6, 6.07) is 0.438. The van der Waals surface area contributed by atoms with Crippen LogP contribution in [0, 0.1) is 0 Å². The molecule has 5 nitrogen and oxygen atoms in total. The molecule has 0 aliphatic carbocycles. The lowest BCUT2D eigenvalue weighted by Crippen LogP contribution is -2.33. The van der Waals surface area contributed by atoms with Gasteiger partial charge in [0.05, 0.1) is 12.0 Å². The first-order valence-electron chi connectivity index (χ1n) is 6.20. The number of nitrogens with zero attached hydrogens (tertiary/aromatic N) is 3. The normalized spacial score (nSPS) is 34.0. The minimum Gasteiger partial charge on any atom is -0.339 e. The fourth-order valence-corrected chi connectivity index (χ4v) is 4.81. The SMILES string of the molecule is CN1CCSCC1c1noc(C2CSCC2N)n1. The third kappa shape index (κ3) is 2.41. The molecule has 1 aromatic heterocycles. The van der Waals surface area contributed by atoms with Gasteiger partial charge in [-0.15, -0.1) is 0 Å². The first-order chi connectivity index (χ1) is 8.75. The third-order valence-electron chi connectivity index (χ3n) is 3.59. The standard InChI is InChI=1S/C11H18N4OS2/c1-15-2-3-17-6-9(15)10-13-11(16-14-10)7-4-18-5-8(7)12/h7-9H,2-6,12H2,1H3. The molecule has 2 fully saturated rings. The van der Waals surface area contributed by atoms with Gasteiger partial charge in [0.1, 0.15) is 0 Å². The highest BCUT2D eigenvalue weighted by Gasteiger charge is 2.33. The van der Waals surface area contributed by atoms with Gasteiger partial charge in [-0.05, 0) is 7.05 Å². The minimum absolute atomic E-state index is 0.154. The summed E-state index contributed by atoms with van der Waals surface area (Å²) < 4.78 is 5.43. The highest BCUT2D eigenvalue weighted by molar-refractivity contribution is 7.99. The van der Waals surface area contributed by atoms with Gasteiger partial charge in [-0.25, -0.2) is 0 Å². The molecule has 0 saturated carbocycles. The molecule has 0 bridgehead atoms. The van der Waals surface area contributed by atoms with Crippen LogP contribution in [-0.4, -0.2) is 57.7 Å². The molecule has 3 unspecified atom stereocenters. The van der Waals surface area contributed by atoms with E-state index in [-0.39, 0.29) is 18.0 Å². The van der Waals surface area contributed by atoms with Gasteiger partial charge in [0.25, 0.3) is 0 Å². The topological polar surface area (TPSA) is 68.2 Å². The third-order valence-corrected chi connectivity index (χ3v) is 5.83. The largest absolute Gasteiger partial charge is 0.339 e. The zero-order valence-corrected chi connectivity index (χ0v) is 12.0. The Kier molecular flexibility index (Phi) is 3.83. The van der Waals surface area contributed by atoms with E-state index >= 15 is 0 Å². The average Bonchev–Trinajstić information content (AvgIpc) is 2.98. The van der Waals surface area contributed by atoms with E-state index in [1.807, 2.05) is 23.5 Å². The smallest absolute Gasteiger partial charge is 0.232 e. The maximum Gasteiger partial charge on any atom is 0.232 e. The Morgan fingerprint density at radius 3 is 2.94 bits per heavy atom. The predicted molar refractivity (Wildman–Crippen MR) is 75.0 cm³/mol. The van der Waals surface area contributed by atoms with Crippen LogP contribution in [0.1, 0.15) is 23.7 Å². The lowest BCUT2D eigenvalue weighted by atomic mass is 10.1. The molecular weight excluding hydrogens is 268 g/mol. The van der Waals surface area contributed by atoms with Gasteiger partial charge in [-0.1, -0.05) is 5.16 Å². The van der Waals surface area contributed by atoms with E-state index in [1.165, 1.54) is 5.75 Å². The zero-order chi connectivity index (χ0) is 12.5. The van der Waals surface area contributed by atoms with Crippen LogP contribution in [0.3, 0.4) is 0 Å². The molecule has 3 heterocycles. The molecule has 3 atom stereocenters. The molecule has 0 aromatic carbocycles.